The lowest BCUT2D eigenvalue weighted by atomic mass is 10.1. The Hall–Kier alpha value is -1.95. The Morgan fingerprint density at radius 2 is 2.10 bits per heavy atom. The van der Waals surface area contributed by atoms with Crippen LogP contribution in [0, 0.1) is 6.92 Å². The van der Waals surface area contributed by atoms with Crippen molar-refractivity contribution in [3.63, 3.8) is 0 Å². The van der Waals surface area contributed by atoms with Crippen molar-refractivity contribution < 1.29 is 4.79 Å². The number of rotatable bonds is 4. The zero-order valence-corrected chi connectivity index (χ0v) is 12.8. The molecule has 0 radical (unpaired) electrons. The van der Waals surface area contributed by atoms with E-state index in [4.69, 9.17) is 0 Å². The summed E-state index contributed by atoms with van der Waals surface area (Å²) in [6, 6.07) is 3.56. The first kappa shape index (κ1) is 14.5. The smallest absolute Gasteiger partial charge is 0.257 e. The molecule has 2 N–H and O–H groups in total. The topological polar surface area (TPSA) is 66.9 Å². The van der Waals surface area contributed by atoms with Crippen LogP contribution in [0.4, 0.5) is 10.9 Å². The van der Waals surface area contributed by atoms with Gasteiger partial charge in [-0.25, -0.2) is 9.97 Å². The molecule has 6 heteroatoms. The van der Waals surface area contributed by atoms with E-state index in [0.29, 0.717) is 16.5 Å². The van der Waals surface area contributed by atoms with Crippen LogP contribution in [0.15, 0.2) is 18.3 Å². The van der Waals surface area contributed by atoms with Crippen LogP contribution in [0.3, 0.4) is 0 Å². The first-order chi connectivity index (χ1) is 9.49. The maximum atomic E-state index is 12.3. The summed E-state index contributed by atoms with van der Waals surface area (Å²) in [7, 11) is 1.79. The van der Waals surface area contributed by atoms with Crippen LogP contribution in [0.1, 0.15) is 40.7 Å². The molecule has 2 rings (SSSR count). The third-order valence-corrected chi connectivity index (χ3v) is 3.62. The van der Waals surface area contributed by atoms with Crippen molar-refractivity contribution in [2.75, 3.05) is 17.7 Å². The lowest BCUT2D eigenvalue weighted by Crippen LogP contribution is -2.13. The van der Waals surface area contributed by atoms with E-state index < -0.39 is 0 Å². The van der Waals surface area contributed by atoms with Crippen LogP contribution in [0.2, 0.25) is 0 Å². The highest BCUT2D eigenvalue weighted by Gasteiger charge is 2.13. The van der Waals surface area contributed by atoms with Crippen molar-refractivity contribution >= 4 is 28.2 Å². The molecule has 0 aliphatic heterocycles. The third kappa shape index (κ3) is 3.33. The molecule has 0 saturated heterocycles. The van der Waals surface area contributed by atoms with Crippen LogP contribution in [0.25, 0.3) is 0 Å². The fraction of sp³-hybridized carbons (Fsp3) is 0.357. The fourth-order valence-electron chi connectivity index (χ4n) is 1.69. The largest absolute Gasteiger partial charge is 0.373 e. The average molecular weight is 290 g/mol. The molecule has 5 nitrogen and oxygen atoms in total. The summed E-state index contributed by atoms with van der Waals surface area (Å²) in [5.74, 6) is 0.786. The van der Waals surface area contributed by atoms with Crippen molar-refractivity contribution in [2.45, 2.75) is 26.7 Å². The third-order valence-electron chi connectivity index (χ3n) is 2.80. The molecule has 0 saturated carbocycles. The molecule has 1 amide bonds. The van der Waals surface area contributed by atoms with Crippen LogP contribution < -0.4 is 10.6 Å². The predicted octanol–water partition coefficient (Wildman–Crippen LogP) is 3.26. The molecule has 0 atom stereocenters. The van der Waals surface area contributed by atoms with E-state index in [1.807, 2.05) is 26.8 Å². The van der Waals surface area contributed by atoms with Gasteiger partial charge in [-0.3, -0.25) is 10.1 Å². The van der Waals surface area contributed by atoms with Crippen molar-refractivity contribution in [1.29, 1.82) is 0 Å². The Bertz CT molecular complexity index is 621. The molecule has 0 fully saturated rings. The highest BCUT2D eigenvalue weighted by Crippen LogP contribution is 2.20. The van der Waals surface area contributed by atoms with E-state index in [0.717, 1.165) is 10.6 Å². The van der Waals surface area contributed by atoms with Gasteiger partial charge in [0.1, 0.15) is 5.82 Å². The molecule has 0 unspecified atom stereocenters. The number of hydrogen-bond acceptors (Lipinski definition) is 5. The minimum atomic E-state index is -0.167. The number of carbonyl (C=O) groups excluding carboxylic acids is 1. The Labute approximate surface area is 122 Å². The Kier molecular flexibility index (Phi) is 4.34. The zero-order chi connectivity index (χ0) is 14.7. The maximum Gasteiger partial charge on any atom is 0.257 e. The molecule has 2 heterocycles. The second-order valence-corrected chi connectivity index (χ2v) is 6.04. The van der Waals surface area contributed by atoms with Crippen molar-refractivity contribution in [3.05, 3.63) is 34.5 Å². The van der Waals surface area contributed by atoms with Gasteiger partial charge >= 0.3 is 0 Å². The summed E-state index contributed by atoms with van der Waals surface area (Å²) in [5, 5.41) is 6.40. The first-order valence-corrected chi connectivity index (χ1v) is 7.24. The summed E-state index contributed by atoms with van der Waals surface area (Å²) < 4.78 is 0. The molecular formula is C14H18N4OS. The van der Waals surface area contributed by atoms with E-state index in [1.165, 1.54) is 11.3 Å². The standard InChI is InChI=1S/C14H18N4OS/c1-8(2)11-5-10(6-12(15-4)17-11)13(19)18-14-16-7-9(3)20-14/h5-8H,1-4H3,(H,15,17)(H,16,18,19). The van der Waals surface area contributed by atoms with Crippen LogP contribution in [0.5, 0.6) is 0 Å². The summed E-state index contributed by atoms with van der Waals surface area (Å²) in [4.78, 5) is 21.9. The minimum Gasteiger partial charge on any atom is -0.373 e. The fourth-order valence-corrected chi connectivity index (χ4v) is 2.35. The summed E-state index contributed by atoms with van der Waals surface area (Å²) in [5.41, 5.74) is 1.47. The van der Waals surface area contributed by atoms with E-state index in [9.17, 15) is 4.79 Å². The van der Waals surface area contributed by atoms with Crippen LogP contribution in [-0.4, -0.2) is 22.9 Å². The Morgan fingerprint density at radius 3 is 2.65 bits per heavy atom. The number of aromatic nitrogens is 2. The van der Waals surface area contributed by atoms with Gasteiger partial charge in [-0.15, -0.1) is 11.3 Å². The number of thiazole rings is 1. The van der Waals surface area contributed by atoms with Gasteiger partial charge in [0, 0.05) is 29.4 Å². The molecule has 0 spiro atoms. The van der Waals surface area contributed by atoms with Gasteiger partial charge < -0.3 is 5.32 Å². The highest BCUT2D eigenvalue weighted by atomic mass is 32.1. The molecule has 0 aliphatic rings. The molecule has 106 valence electrons. The lowest BCUT2D eigenvalue weighted by molar-refractivity contribution is 0.102. The zero-order valence-electron chi connectivity index (χ0n) is 12.0. The first-order valence-electron chi connectivity index (χ1n) is 6.43. The minimum absolute atomic E-state index is 0.167. The summed E-state index contributed by atoms with van der Waals surface area (Å²) >= 11 is 1.46. The number of aryl methyl sites for hydroxylation is 1. The van der Waals surface area contributed by atoms with E-state index in [2.05, 4.69) is 20.6 Å². The van der Waals surface area contributed by atoms with E-state index in [-0.39, 0.29) is 11.8 Å². The van der Waals surface area contributed by atoms with Crippen molar-refractivity contribution in [3.8, 4) is 0 Å². The number of hydrogen-bond donors (Lipinski definition) is 2. The predicted molar refractivity (Wildman–Crippen MR) is 82.7 cm³/mol. The lowest BCUT2D eigenvalue weighted by Gasteiger charge is -2.10. The van der Waals surface area contributed by atoms with Gasteiger partial charge in [0.05, 0.1) is 0 Å². The van der Waals surface area contributed by atoms with Gasteiger partial charge in [0.15, 0.2) is 5.13 Å². The normalized spacial score (nSPS) is 10.7. The van der Waals surface area contributed by atoms with Gasteiger partial charge in [-0.2, -0.15) is 0 Å². The average Bonchev–Trinajstić information content (AvgIpc) is 2.83. The number of carbonyl (C=O) groups is 1. The van der Waals surface area contributed by atoms with Gasteiger partial charge in [-0.1, -0.05) is 13.8 Å². The quantitative estimate of drug-likeness (QED) is 0.907. The number of nitrogens with zero attached hydrogens (tertiary/aromatic N) is 2. The molecule has 20 heavy (non-hydrogen) atoms. The van der Waals surface area contributed by atoms with Crippen LogP contribution in [-0.2, 0) is 0 Å². The van der Waals surface area contributed by atoms with Gasteiger partial charge in [0.25, 0.3) is 5.91 Å². The molecule has 2 aromatic heterocycles. The monoisotopic (exact) mass is 290 g/mol. The van der Waals surface area contributed by atoms with Crippen LogP contribution >= 0.6 is 11.3 Å². The van der Waals surface area contributed by atoms with E-state index in [1.54, 1.807) is 19.3 Å². The number of pyridine rings is 1. The Balaban J connectivity index is 2.26. The molecular weight excluding hydrogens is 272 g/mol. The highest BCUT2D eigenvalue weighted by molar-refractivity contribution is 7.15. The van der Waals surface area contributed by atoms with E-state index >= 15 is 0 Å². The number of amides is 1. The van der Waals surface area contributed by atoms with Crippen molar-refractivity contribution in [2.24, 2.45) is 0 Å². The van der Waals surface area contributed by atoms with Gasteiger partial charge in [0.2, 0.25) is 0 Å². The number of nitrogens with one attached hydrogen (secondary N) is 2. The van der Waals surface area contributed by atoms with Gasteiger partial charge in [-0.05, 0) is 25.0 Å². The second-order valence-electron chi connectivity index (χ2n) is 4.80. The molecule has 0 bridgehead atoms. The summed E-state index contributed by atoms with van der Waals surface area (Å²) in [6.45, 7) is 6.05. The Morgan fingerprint density at radius 1 is 1.35 bits per heavy atom. The number of anilines is 2. The molecule has 0 aliphatic carbocycles. The van der Waals surface area contributed by atoms with Crippen molar-refractivity contribution in [1.82, 2.24) is 9.97 Å². The molecule has 0 aromatic carbocycles. The molecule has 2 aromatic rings. The maximum absolute atomic E-state index is 12.3. The summed E-state index contributed by atoms with van der Waals surface area (Å²) in [6.07, 6.45) is 1.74. The second kappa shape index (κ2) is 6.00. The SMILES string of the molecule is CNc1cc(C(=O)Nc2ncc(C)s2)cc(C(C)C)n1.